The largest absolute Gasteiger partial charge is 0.481 e. The van der Waals surface area contributed by atoms with Gasteiger partial charge in [-0.05, 0) is 47.2 Å². The highest BCUT2D eigenvalue weighted by molar-refractivity contribution is 14.1. The summed E-state index contributed by atoms with van der Waals surface area (Å²) in [4.78, 5) is 15.0. The number of hydrogen-bond donors (Lipinski definition) is 1. The maximum Gasteiger partial charge on any atom is 0.313 e. The molecule has 6 heteroatoms. The van der Waals surface area contributed by atoms with E-state index in [2.05, 4.69) is 40.6 Å². The fourth-order valence-electron chi connectivity index (χ4n) is 1.74. The number of carboxylic acids is 1. The number of halogens is 1. The summed E-state index contributed by atoms with van der Waals surface area (Å²) >= 11 is 3.51. The van der Waals surface area contributed by atoms with Crippen LogP contribution < -0.4 is 0 Å². The van der Waals surface area contributed by atoms with Gasteiger partial charge in [0.2, 0.25) is 0 Å². The predicted molar refractivity (Wildman–Crippen MR) is 84.0 cm³/mol. The highest BCUT2D eigenvalue weighted by atomic mass is 127. The van der Waals surface area contributed by atoms with Gasteiger partial charge in [-0.2, -0.15) is 0 Å². The fraction of sp³-hybridized carbons (Fsp3) is 0.231. The van der Waals surface area contributed by atoms with Gasteiger partial charge in [-0.15, -0.1) is 0 Å². The molecule has 0 spiro atoms. The quantitative estimate of drug-likeness (QED) is 0.632. The lowest BCUT2D eigenvalue weighted by molar-refractivity contribution is -0.133. The van der Waals surface area contributed by atoms with E-state index in [9.17, 15) is 4.79 Å². The number of imidazole rings is 1. The van der Waals surface area contributed by atoms with Crippen molar-refractivity contribution >= 4 is 40.3 Å². The molecule has 0 aliphatic rings. The van der Waals surface area contributed by atoms with Crippen LogP contribution in [0.15, 0.2) is 35.6 Å². The normalized spacial score (nSPS) is 10.6. The number of carboxylic acid groups (broad SMARTS) is 1. The van der Waals surface area contributed by atoms with Gasteiger partial charge in [-0.25, -0.2) is 4.98 Å². The zero-order valence-electron chi connectivity index (χ0n) is 10.3. The van der Waals surface area contributed by atoms with E-state index >= 15 is 0 Å². The van der Waals surface area contributed by atoms with Gasteiger partial charge in [0.25, 0.3) is 0 Å². The fourth-order valence-corrected chi connectivity index (χ4v) is 3.00. The molecular formula is C13H13IN2O2S. The summed E-state index contributed by atoms with van der Waals surface area (Å²) in [5, 5.41) is 9.51. The first-order valence-electron chi connectivity index (χ1n) is 5.79. The van der Waals surface area contributed by atoms with Gasteiger partial charge in [0.1, 0.15) is 0 Å². The Hall–Kier alpha value is -1.02. The summed E-state index contributed by atoms with van der Waals surface area (Å²) < 4.78 is 3.16. The van der Waals surface area contributed by atoms with Gasteiger partial charge in [-0.1, -0.05) is 24.8 Å². The Morgan fingerprint density at radius 3 is 2.95 bits per heavy atom. The highest BCUT2D eigenvalue weighted by Crippen LogP contribution is 2.24. The summed E-state index contributed by atoms with van der Waals surface area (Å²) in [6.45, 7) is 2.06. The first-order valence-corrected chi connectivity index (χ1v) is 7.85. The van der Waals surface area contributed by atoms with Gasteiger partial charge < -0.3 is 5.11 Å². The molecule has 0 unspecified atom stereocenters. The first kappa shape index (κ1) is 14.4. The van der Waals surface area contributed by atoms with Gasteiger partial charge in [0, 0.05) is 21.1 Å². The molecule has 0 fully saturated rings. The van der Waals surface area contributed by atoms with Crippen molar-refractivity contribution in [1.82, 2.24) is 9.55 Å². The second kappa shape index (κ2) is 6.42. The number of aliphatic carboxylic acids is 1. The SMILES string of the molecule is CCc1cnc(SCC(=O)O)n1-c1cccc(I)c1. The summed E-state index contributed by atoms with van der Waals surface area (Å²) in [7, 11) is 0. The Balaban J connectivity index is 2.41. The Morgan fingerprint density at radius 1 is 1.53 bits per heavy atom. The van der Waals surface area contributed by atoms with Crippen LogP contribution in [0.4, 0.5) is 0 Å². The molecule has 100 valence electrons. The molecule has 2 aromatic rings. The third-order valence-electron chi connectivity index (χ3n) is 2.56. The molecular weight excluding hydrogens is 375 g/mol. The third-order valence-corrected chi connectivity index (χ3v) is 4.16. The van der Waals surface area contributed by atoms with Gasteiger partial charge in [-0.3, -0.25) is 9.36 Å². The first-order chi connectivity index (χ1) is 9.11. The molecule has 2 rings (SSSR count). The second-order valence-corrected chi connectivity index (χ2v) is 6.07. The van der Waals surface area contributed by atoms with Crippen LogP contribution in [-0.2, 0) is 11.2 Å². The van der Waals surface area contributed by atoms with Crippen molar-refractivity contribution in [3.8, 4) is 5.69 Å². The van der Waals surface area contributed by atoms with E-state index in [4.69, 9.17) is 5.11 Å². The topological polar surface area (TPSA) is 55.1 Å². The number of aromatic nitrogens is 2. The highest BCUT2D eigenvalue weighted by Gasteiger charge is 2.12. The molecule has 0 aliphatic carbocycles. The van der Waals surface area contributed by atoms with Gasteiger partial charge in [0.05, 0.1) is 5.75 Å². The van der Waals surface area contributed by atoms with Gasteiger partial charge >= 0.3 is 5.97 Å². The minimum absolute atomic E-state index is 0.0179. The Kier molecular flexibility index (Phi) is 4.87. The van der Waals surface area contributed by atoms with Crippen LogP contribution in [0.25, 0.3) is 5.69 Å². The molecule has 0 aliphatic heterocycles. The molecule has 1 heterocycles. The zero-order valence-corrected chi connectivity index (χ0v) is 13.3. The molecule has 1 N–H and O–H groups in total. The van der Waals surface area contributed by atoms with Crippen molar-refractivity contribution in [3.63, 3.8) is 0 Å². The number of carbonyl (C=O) groups is 1. The number of thioether (sulfide) groups is 1. The molecule has 4 nitrogen and oxygen atoms in total. The van der Waals surface area contributed by atoms with Crippen molar-refractivity contribution in [3.05, 3.63) is 39.7 Å². The predicted octanol–water partition coefficient (Wildman–Crippen LogP) is 3.22. The van der Waals surface area contributed by atoms with Crippen molar-refractivity contribution in [2.24, 2.45) is 0 Å². The molecule has 0 saturated heterocycles. The van der Waals surface area contributed by atoms with Crippen molar-refractivity contribution in [2.75, 3.05) is 5.75 Å². The Bertz CT molecular complexity index is 598. The van der Waals surface area contributed by atoms with Crippen LogP contribution in [0.3, 0.4) is 0 Å². The molecule has 0 bridgehead atoms. The lowest BCUT2D eigenvalue weighted by Gasteiger charge is -2.10. The molecule has 1 aromatic heterocycles. The van der Waals surface area contributed by atoms with Crippen LogP contribution in [0.2, 0.25) is 0 Å². The van der Waals surface area contributed by atoms with Crippen LogP contribution in [0.1, 0.15) is 12.6 Å². The molecule has 0 saturated carbocycles. The van der Waals surface area contributed by atoms with Crippen LogP contribution in [-0.4, -0.2) is 26.4 Å². The number of nitrogens with zero attached hydrogens (tertiary/aromatic N) is 2. The minimum atomic E-state index is -0.833. The van der Waals surface area contributed by atoms with E-state index in [1.807, 2.05) is 29.0 Å². The Morgan fingerprint density at radius 2 is 2.32 bits per heavy atom. The van der Waals surface area contributed by atoms with E-state index in [1.165, 1.54) is 11.8 Å². The summed E-state index contributed by atoms with van der Waals surface area (Å²) in [5.41, 5.74) is 2.10. The van der Waals surface area contributed by atoms with E-state index < -0.39 is 5.97 Å². The number of benzene rings is 1. The molecule has 0 amide bonds. The average molecular weight is 388 g/mol. The maximum atomic E-state index is 10.7. The van der Waals surface area contributed by atoms with Crippen LogP contribution in [0.5, 0.6) is 0 Å². The number of hydrogen-bond acceptors (Lipinski definition) is 3. The average Bonchev–Trinajstić information content (AvgIpc) is 2.79. The lowest BCUT2D eigenvalue weighted by atomic mass is 10.3. The van der Waals surface area contributed by atoms with Crippen molar-refractivity contribution in [2.45, 2.75) is 18.5 Å². The minimum Gasteiger partial charge on any atom is -0.481 e. The Labute approximate surface area is 129 Å². The zero-order chi connectivity index (χ0) is 13.8. The summed E-state index contributed by atoms with van der Waals surface area (Å²) in [5.74, 6) is -0.815. The van der Waals surface area contributed by atoms with Crippen LogP contribution in [0, 0.1) is 3.57 Å². The number of aryl methyl sites for hydroxylation is 1. The van der Waals surface area contributed by atoms with Crippen molar-refractivity contribution in [1.29, 1.82) is 0 Å². The van der Waals surface area contributed by atoms with Gasteiger partial charge in [0.15, 0.2) is 5.16 Å². The smallest absolute Gasteiger partial charge is 0.313 e. The standard InChI is InChI=1S/C13H13IN2O2S/c1-2-10-7-15-13(19-8-12(17)18)16(10)11-5-3-4-9(14)6-11/h3-7H,2,8H2,1H3,(H,17,18). The van der Waals surface area contributed by atoms with Crippen molar-refractivity contribution < 1.29 is 9.90 Å². The molecule has 19 heavy (non-hydrogen) atoms. The van der Waals surface area contributed by atoms with Crippen LogP contribution >= 0.6 is 34.4 Å². The molecule has 0 atom stereocenters. The lowest BCUT2D eigenvalue weighted by Crippen LogP contribution is -2.04. The summed E-state index contributed by atoms with van der Waals surface area (Å²) in [6.07, 6.45) is 2.66. The monoisotopic (exact) mass is 388 g/mol. The molecule has 0 radical (unpaired) electrons. The van der Waals surface area contributed by atoms with E-state index in [-0.39, 0.29) is 5.75 Å². The van der Waals surface area contributed by atoms with E-state index in [1.54, 1.807) is 0 Å². The number of rotatable bonds is 5. The van der Waals surface area contributed by atoms with E-state index in [0.717, 1.165) is 26.5 Å². The van der Waals surface area contributed by atoms with E-state index in [0.29, 0.717) is 0 Å². The second-order valence-electron chi connectivity index (χ2n) is 3.88. The molecule has 1 aromatic carbocycles. The maximum absolute atomic E-state index is 10.7. The summed E-state index contributed by atoms with van der Waals surface area (Å²) in [6, 6.07) is 8.08. The third kappa shape index (κ3) is 3.50.